The lowest BCUT2D eigenvalue weighted by molar-refractivity contribution is -0.106. The van der Waals surface area contributed by atoms with Crippen LogP contribution in [0, 0.1) is 6.92 Å². The van der Waals surface area contributed by atoms with E-state index in [1.165, 1.54) is 0 Å². The predicted octanol–water partition coefficient (Wildman–Crippen LogP) is 8.47. The molecule has 6 rings (SSSR count). The third kappa shape index (κ3) is 7.79. The van der Waals surface area contributed by atoms with Crippen LogP contribution in [0.1, 0.15) is 44.1 Å². The van der Waals surface area contributed by atoms with Gasteiger partial charge in [0.1, 0.15) is 11.5 Å². The van der Waals surface area contributed by atoms with Crippen LogP contribution >= 0.6 is 10.3 Å². The van der Waals surface area contributed by atoms with Gasteiger partial charge < -0.3 is 23.8 Å². The van der Waals surface area contributed by atoms with Crippen molar-refractivity contribution in [2.45, 2.75) is 77.6 Å². The fraction of sp³-hybridized carbons (Fsp3) is 0.351. The normalized spacial score (nSPS) is 20.5. The Kier molecular flexibility index (Phi) is 10.4. The average Bonchev–Trinajstić information content (AvgIpc) is 3.09. The fourth-order valence-electron chi connectivity index (χ4n) is 5.68. The van der Waals surface area contributed by atoms with Crippen molar-refractivity contribution in [3.8, 4) is 11.5 Å². The average molecular weight is 678 g/mol. The number of rotatable bonds is 11. The molecule has 0 bridgehead atoms. The van der Waals surface area contributed by atoms with Crippen LogP contribution in [0.5, 0.6) is 11.5 Å². The summed E-state index contributed by atoms with van der Waals surface area (Å²) in [7, 11) is -3.23. The number of nitrogens with zero attached hydrogens (tertiary/aromatic N) is 1. The molecule has 2 unspecified atom stereocenters. The summed E-state index contributed by atoms with van der Waals surface area (Å²) in [5.41, 5.74) is 1.87. The maximum absolute atomic E-state index is 14.3. The van der Waals surface area contributed by atoms with Gasteiger partial charge in [-0.05, 0) is 122 Å². The Labute approximate surface area is 280 Å². The molecule has 10 heteroatoms. The van der Waals surface area contributed by atoms with Crippen molar-refractivity contribution in [1.82, 2.24) is 0 Å². The lowest BCUT2D eigenvalue weighted by atomic mass is 10.2. The van der Waals surface area contributed by atoms with E-state index in [4.69, 9.17) is 22.6 Å². The Morgan fingerprint density at radius 2 is 1.15 bits per heavy atom. The van der Waals surface area contributed by atoms with Crippen molar-refractivity contribution in [2.75, 3.05) is 32.2 Å². The zero-order chi connectivity index (χ0) is 32.9. The Hall–Kier alpha value is -3.54. The summed E-state index contributed by atoms with van der Waals surface area (Å²) in [4.78, 5) is 4.21. The van der Waals surface area contributed by atoms with Gasteiger partial charge in [0.25, 0.3) is 0 Å². The van der Waals surface area contributed by atoms with Gasteiger partial charge in [-0.1, -0.05) is 23.8 Å². The van der Waals surface area contributed by atoms with Crippen LogP contribution in [0.2, 0.25) is 0 Å². The minimum atomic E-state index is -4.26. The van der Waals surface area contributed by atoms with Crippen LogP contribution in [-0.2, 0) is 23.2 Å². The maximum atomic E-state index is 14.3. The van der Waals surface area contributed by atoms with Crippen LogP contribution in [0.15, 0.2) is 117 Å². The molecule has 8 nitrogen and oxygen atoms in total. The van der Waals surface area contributed by atoms with Crippen LogP contribution in [0.4, 0.5) is 5.69 Å². The zero-order valence-electron chi connectivity index (χ0n) is 27.2. The molecular formula is C37H43NO7S2. The van der Waals surface area contributed by atoms with E-state index in [1.807, 2.05) is 98.7 Å². The second-order valence-electron chi connectivity index (χ2n) is 12.1. The molecule has 0 radical (unpaired) electrons. The van der Waals surface area contributed by atoms with Gasteiger partial charge in [0.05, 0.1) is 18.1 Å². The summed E-state index contributed by atoms with van der Waals surface area (Å²) in [6, 6.07) is 29.7. The first-order chi connectivity index (χ1) is 22.7. The molecule has 2 aliphatic heterocycles. The molecule has 0 aromatic heterocycles. The fourth-order valence-corrected chi connectivity index (χ4v) is 10.9. The molecule has 0 spiro atoms. The number of aryl methyl sites for hydroxylation is 1. The van der Waals surface area contributed by atoms with Crippen molar-refractivity contribution < 1.29 is 31.0 Å². The molecule has 2 aliphatic rings. The Balaban J connectivity index is 1.48. The minimum absolute atomic E-state index is 0.0903. The molecule has 0 saturated carbocycles. The topological polar surface area (TPSA) is 83.5 Å². The van der Waals surface area contributed by atoms with Gasteiger partial charge in [0.2, 0.25) is 0 Å². The summed E-state index contributed by atoms with van der Waals surface area (Å²) >= 11 is 0. The molecule has 2 fully saturated rings. The first kappa shape index (κ1) is 33.4. The van der Waals surface area contributed by atoms with E-state index in [0.717, 1.165) is 54.7 Å². The molecule has 4 aromatic rings. The van der Waals surface area contributed by atoms with Gasteiger partial charge in [0.15, 0.2) is 12.6 Å². The van der Waals surface area contributed by atoms with Gasteiger partial charge >= 0.3 is 10.1 Å². The lowest BCUT2D eigenvalue weighted by Crippen LogP contribution is -2.25. The third-order valence-electron chi connectivity index (χ3n) is 8.29. The van der Waals surface area contributed by atoms with E-state index in [0.29, 0.717) is 34.5 Å². The highest BCUT2D eigenvalue weighted by Crippen LogP contribution is 2.70. The standard InChI is InChI=1S/C37H43NO7S2/c1-28-13-19-34(20-14-28)47(39,40)45-46(35-10-8-9-29(27-35)38(2)3,32-21-15-30(16-22-32)43-36-11-4-6-25-41-36)33-23-17-31(18-24-33)44-37-12-5-7-26-42-37/h8-10,13-24,27,36-37H,4-7,11-12,25-26H2,1-3H3. The van der Waals surface area contributed by atoms with Gasteiger partial charge in [-0.3, -0.25) is 0 Å². The number of ether oxygens (including phenoxy) is 4. The van der Waals surface area contributed by atoms with Gasteiger partial charge in [-0.2, -0.15) is 8.42 Å². The number of benzene rings is 4. The quantitative estimate of drug-likeness (QED) is 0.156. The monoisotopic (exact) mass is 677 g/mol. The zero-order valence-corrected chi connectivity index (χ0v) is 28.8. The second-order valence-corrected chi connectivity index (χ2v) is 16.5. The molecule has 2 saturated heterocycles. The molecule has 250 valence electrons. The van der Waals surface area contributed by atoms with Gasteiger partial charge in [0, 0.05) is 47.3 Å². The molecule has 2 heterocycles. The van der Waals surface area contributed by atoms with Crippen LogP contribution in [0.3, 0.4) is 0 Å². The number of anilines is 1. The molecule has 0 aliphatic carbocycles. The van der Waals surface area contributed by atoms with E-state index in [2.05, 4.69) is 0 Å². The maximum Gasteiger partial charge on any atom is 0.307 e. The first-order valence-corrected chi connectivity index (χ1v) is 19.1. The minimum Gasteiger partial charge on any atom is -0.465 e. The lowest BCUT2D eigenvalue weighted by Gasteiger charge is -2.40. The third-order valence-corrected chi connectivity index (χ3v) is 13.5. The highest BCUT2D eigenvalue weighted by molar-refractivity contribution is 8.33. The van der Waals surface area contributed by atoms with Gasteiger partial charge in [-0.15, -0.1) is 0 Å². The SMILES string of the molecule is Cc1ccc(S(=O)(=O)OS(c2ccc(OC3CCCCO3)cc2)(c2ccc(OC3CCCCO3)cc2)c2cccc(N(C)C)c2)cc1. The highest BCUT2D eigenvalue weighted by atomic mass is 32.3. The smallest absolute Gasteiger partial charge is 0.307 e. The Morgan fingerprint density at radius 1 is 0.638 bits per heavy atom. The molecular weight excluding hydrogens is 635 g/mol. The van der Waals surface area contributed by atoms with E-state index in [1.54, 1.807) is 24.3 Å². The number of hydrogen-bond donors (Lipinski definition) is 0. The summed E-state index contributed by atoms with van der Waals surface area (Å²) in [6.07, 6.45) is 5.20. The highest BCUT2D eigenvalue weighted by Gasteiger charge is 2.39. The predicted molar refractivity (Wildman–Crippen MR) is 184 cm³/mol. The Morgan fingerprint density at radius 3 is 1.62 bits per heavy atom. The molecule has 2 atom stereocenters. The van der Waals surface area contributed by atoms with Crippen molar-refractivity contribution in [1.29, 1.82) is 0 Å². The summed E-state index contributed by atoms with van der Waals surface area (Å²) in [5.74, 6) is 1.29. The Bertz CT molecular complexity index is 1650. The van der Waals surface area contributed by atoms with Crippen LogP contribution < -0.4 is 14.4 Å². The van der Waals surface area contributed by atoms with E-state index in [9.17, 15) is 8.42 Å². The van der Waals surface area contributed by atoms with Gasteiger partial charge in [-0.25, -0.2) is 3.63 Å². The van der Waals surface area contributed by atoms with Crippen molar-refractivity contribution in [2.24, 2.45) is 0 Å². The molecule has 4 aromatic carbocycles. The first-order valence-electron chi connectivity index (χ1n) is 16.1. The van der Waals surface area contributed by atoms with E-state index in [-0.39, 0.29) is 17.5 Å². The largest absolute Gasteiger partial charge is 0.465 e. The van der Waals surface area contributed by atoms with Crippen molar-refractivity contribution in [3.63, 3.8) is 0 Å². The second kappa shape index (κ2) is 14.7. The van der Waals surface area contributed by atoms with Crippen molar-refractivity contribution >= 4 is 26.1 Å². The van der Waals surface area contributed by atoms with Crippen LogP contribution in [0.25, 0.3) is 0 Å². The van der Waals surface area contributed by atoms with Crippen molar-refractivity contribution in [3.05, 3.63) is 103 Å². The van der Waals surface area contributed by atoms with Crippen LogP contribution in [-0.4, -0.2) is 48.3 Å². The molecule has 47 heavy (non-hydrogen) atoms. The molecule has 0 N–H and O–H groups in total. The number of hydrogen-bond acceptors (Lipinski definition) is 8. The van der Waals surface area contributed by atoms with E-state index < -0.39 is 20.4 Å². The van der Waals surface area contributed by atoms with E-state index >= 15 is 0 Å². The summed E-state index contributed by atoms with van der Waals surface area (Å²) < 4.78 is 59.0. The molecule has 0 amide bonds. The summed E-state index contributed by atoms with van der Waals surface area (Å²) in [5, 5.41) is 0. The summed E-state index contributed by atoms with van der Waals surface area (Å²) in [6.45, 7) is 3.27.